The number of amides is 1. The minimum Gasteiger partial charge on any atom is -0.449 e. The molecule has 4 nitrogen and oxygen atoms in total. The summed E-state index contributed by atoms with van der Waals surface area (Å²) in [6.45, 7) is 1.55. The van der Waals surface area contributed by atoms with Crippen LogP contribution < -0.4 is 5.32 Å². The van der Waals surface area contributed by atoms with Crippen molar-refractivity contribution in [2.24, 2.45) is 0 Å². The molecule has 0 radical (unpaired) electrons. The SMILES string of the molecule is CC(OC(=O)/C=C/c1cccs1)C(=O)Nc1ccccc1-c1ccccc1. The van der Waals surface area contributed by atoms with Crippen LogP contribution in [0, 0.1) is 0 Å². The molecule has 1 amide bonds. The Labute approximate surface area is 162 Å². The Morgan fingerprint density at radius 2 is 1.74 bits per heavy atom. The normalized spacial score (nSPS) is 11.9. The van der Waals surface area contributed by atoms with Crippen molar-refractivity contribution in [2.75, 3.05) is 5.32 Å². The number of carbonyl (C=O) groups excluding carboxylic acids is 2. The van der Waals surface area contributed by atoms with Crippen LogP contribution in [0.5, 0.6) is 0 Å². The van der Waals surface area contributed by atoms with E-state index in [0.717, 1.165) is 16.0 Å². The molecular formula is C22H19NO3S. The number of anilines is 1. The van der Waals surface area contributed by atoms with Gasteiger partial charge in [-0.3, -0.25) is 4.79 Å². The van der Waals surface area contributed by atoms with Gasteiger partial charge in [0, 0.05) is 22.2 Å². The molecule has 136 valence electrons. The highest BCUT2D eigenvalue weighted by Crippen LogP contribution is 2.27. The highest BCUT2D eigenvalue weighted by molar-refractivity contribution is 7.10. The molecule has 1 atom stereocenters. The molecule has 3 rings (SSSR count). The largest absolute Gasteiger partial charge is 0.449 e. The lowest BCUT2D eigenvalue weighted by Crippen LogP contribution is -2.29. The number of hydrogen-bond acceptors (Lipinski definition) is 4. The summed E-state index contributed by atoms with van der Waals surface area (Å²) in [5, 5.41) is 4.77. The molecule has 1 aromatic heterocycles. The predicted molar refractivity (Wildman–Crippen MR) is 109 cm³/mol. The monoisotopic (exact) mass is 377 g/mol. The summed E-state index contributed by atoms with van der Waals surface area (Å²) in [4.78, 5) is 25.3. The predicted octanol–water partition coefficient (Wildman–Crippen LogP) is 5.00. The van der Waals surface area contributed by atoms with Crippen molar-refractivity contribution in [3.05, 3.63) is 83.1 Å². The van der Waals surface area contributed by atoms with Gasteiger partial charge in [0.15, 0.2) is 6.10 Å². The molecule has 0 fully saturated rings. The first-order valence-corrected chi connectivity index (χ1v) is 9.39. The Kier molecular flexibility index (Phi) is 6.18. The van der Waals surface area contributed by atoms with Gasteiger partial charge in [0.1, 0.15) is 0 Å². The summed E-state index contributed by atoms with van der Waals surface area (Å²) in [5.74, 6) is -0.932. The lowest BCUT2D eigenvalue weighted by atomic mass is 10.0. The van der Waals surface area contributed by atoms with E-state index in [1.165, 1.54) is 17.4 Å². The Morgan fingerprint density at radius 3 is 2.48 bits per heavy atom. The number of thiophene rings is 1. The third-order valence-electron chi connectivity index (χ3n) is 3.86. The van der Waals surface area contributed by atoms with Gasteiger partial charge in [0.05, 0.1) is 0 Å². The fourth-order valence-corrected chi connectivity index (χ4v) is 3.12. The summed E-state index contributed by atoms with van der Waals surface area (Å²) >= 11 is 1.52. The molecule has 1 heterocycles. The standard InChI is InChI=1S/C22H19NO3S/c1-16(26-21(24)14-13-18-10-7-15-27-18)22(25)23-20-12-6-5-11-19(20)17-8-3-2-4-9-17/h2-16H,1H3,(H,23,25)/b14-13+. The van der Waals surface area contributed by atoms with Gasteiger partial charge in [-0.25, -0.2) is 4.79 Å². The molecule has 0 bridgehead atoms. The van der Waals surface area contributed by atoms with Crippen LogP contribution >= 0.6 is 11.3 Å². The lowest BCUT2D eigenvalue weighted by molar-refractivity contribution is -0.148. The zero-order chi connectivity index (χ0) is 19.1. The molecule has 3 aromatic rings. The maximum Gasteiger partial charge on any atom is 0.331 e. The topological polar surface area (TPSA) is 55.4 Å². The van der Waals surface area contributed by atoms with Gasteiger partial charge in [0.2, 0.25) is 0 Å². The maximum atomic E-state index is 12.5. The molecule has 27 heavy (non-hydrogen) atoms. The van der Waals surface area contributed by atoms with Crippen molar-refractivity contribution in [2.45, 2.75) is 13.0 Å². The van der Waals surface area contributed by atoms with Crippen molar-refractivity contribution in [3.8, 4) is 11.1 Å². The molecule has 0 saturated heterocycles. The summed E-state index contributed by atoms with van der Waals surface area (Å²) < 4.78 is 5.20. The van der Waals surface area contributed by atoms with E-state index >= 15 is 0 Å². The number of hydrogen-bond donors (Lipinski definition) is 1. The Bertz CT molecular complexity index is 933. The molecule has 5 heteroatoms. The van der Waals surface area contributed by atoms with E-state index in [-0.39, 0.29) is 5.91 Å². The number of ether oxygens (including phenoxy) is 1. The highest BCUT2D eigenvalue weighted by Gasteiger charge is 2.18. The molecular weight excluding hydrogens is 358 g/mol. The highest BCUT2D eigenvalue weighted by atomic mass is 32.1. The smallest absolute Gasteiger partial charge is 0.331 e. The van der Waals surface area contributed by atoms with Gasteiger partial charge >= 0.3 is 5.97 Å². The Hall–Kier alpha value is -3.18. The Balaban J connectivity index is 1.64. The summed E-state index contributed by atoms with van der Waals surface area (Å²) in [6, 6.07) is 21.1. The molecule has 0 aliphatic rings. The van der Waals surface area contributed by atoms with E-state index in [0.29, 0.717) is 5.69 Å². The minimum atomic E-state index is -0.908. The van der Waals surface area contributed by atoms with Crippen LogP contribution in [-0.2, 0) is 14.3 Å². The molecule has 0 aliphatic heterocycles. The van der Waals surface area contributed by atoms with Crippen molar-refractivity contribution >= 4 is 35.0 Å². The van der Waals surface area contributed by atoms with E-state index in [1.54, 1.807) is 13.0 Å². The quantitative estimate of drug-likeness (QED) is 0.486. The van der Waals surface area contributed by atoms with Crippen molar-refractivity contribution < 1.29 is 14.3 Å². The average Bonchev–Trinajstić information content (AvgIpc) is 3.21. The van der Waals surface area contributed by atoms with Crippen LogP contribution in [0.25, 0.3) is 17.2 Å². The van der Waals surface area contributed by atoms with E-state index in [4.69, 9.17) is 4.74 Å². The van der Waals surface area contributed by atoms with Gasteiger partial charge in [-0.1, -0.05) is 54.6 Å². The molecule has 1 N–H and O–H groups in total. The zero-order valence-electron chi connectivity index (χ0n) is 14.8. The zero-order valence-corrected chi connectivity index (χ0v) is 15.6. The van der Waals surface area contributed by atoms with Crippen LogP contribution in [0.2, 0.25) is 0 Å². The van der Waals surface area contributed by atoms with E-state index < -0.39 is 12.1 Å². The first-order valence-electron chi connectivity index (χ1n) is 8.51. The van der Waals surface area contributed by atoms with Crippen LogP contribution in [0.4, 0.5) is 5.69 Å². The fourth-order valence-electron chi connectivity index (χ4n) is 2.50. The van der Waals surface area contributed by atoms with Crippen LogP contribution in [0.15, 0.2) is 78.2 Å². The van der Waals surface area contributed by atoms with Crippen molar-refractivity contribution in [1.82, 2.24) is 0 Å². The fraction of sp³-hybridized carbons (Fsp3) is 0.0909. The van der Waals surface area contributed by atoms with E-state index in [9.17, 15) is 9.59 Å². The molecule has 1 unspecified atom stereocenters. The van der Waals surface area contributed by atoms with Crippen molar-refractivity contribution in [1.29, 1.82) is 0 Å². The number of nitrogens with one attached hydrogen (secondary N) is 1. The minimum absolute atomic E-state index is 0.378. The first-order chi connectivity index (χ1) is 13.1. The molecule has 0 saturated carbocycles. The second-order valence-electron chi connectivity index (χ2n) is 5.83. The maximum absolute atomic E-state index is 12.5. The van der Waals surface area contributed by atoms with E-state index in [2.05, 4.69) is 5.32 Å². The Morgan fingerprint density at radius 1 is 1.00 bits per heavy atom. The number of benzene rings is 2. The summed E-state index contributed by atoms with van der Waals surface area (Å²) in [6.07, 6.45) is 2.09. The lowest BCUT2D eigenvalue weighted by Gasteiger charge is -2.15. The second kappa shape index (κ2) is 8.96. The number of carbonyl (C=O) groups is 2. The van der Waals surface area contributed by atoms with Crippen molar-refractivity contribution in [3.63, 3.8) is 0 Å². The summed E-state index contributed by atoms with van der Waals surface area (Å²) in [5.41, 5.74) is 2.57. The second-order valence-corrected chi connectivity index (χ2v) is 6.81. The molecule has 0 aliphatic carbocycles. The van der Waals surface area contributed by atoms with Crippen LogP contribution in [-0.4, -0.2) is 18.0 Å². The average molecular weight is 377 g/mol. The van der Waals surface area contributed by atoms with Crippen LogP contribution in [0.3, 0.4) is 0 Å². The molecule has 2 aromatic carbocycles. The third kappa shape index (κ3) is 5.15. The van der Waals surface area contributed by atoms with Gasteiger partial charge < -0.3 is 10.1 Å². The number of para-hydroxylation sites is 1. The van der Waals surface area contributed by atoms with Gasteiger partial charge in [0.25, 0.3) is 5.91 Å². The van der Waals surface area contributed by atoms with Gasteiger partial charge in [-0.15, -0.1) is 11.3 Å². The third-order valence-corrected chi connectivity index (χ3v) is 4.70. The number of rotatable bonds is 6. The first kappa shape index (κ1) is 18.6. The summed E-state index contributed by atoms with van der Waals surface area (Å²) in [7, 11) is 0. The van der Waals surface area contributed by atoms with Gasteiger partial charge in [-0.2, -0.15) is 0 Å². The van der Waals surface area contributed by atoms with Crippen LogP contribution in [0.1, 0.15) is 11.8 Å². The van der Waals surface area contributed by atoms with Gasteiger partial charge in [-0.05, 0) is 36.1 Å². The van der Waals surface area contributed by atoms with E-state index in [1.807, 2.05) is 72.1 Å². The molecule has 0 spiro atoms. The number of esters is 1.